The molecule has 1 heterocycles. The molecule has 2 atom stereocenters. The third kappa shape index (κ3) is 4.62. The van der Waals surface area contributed by atoms with Crippen LogP contribution in [0, 0.1) is 11.8 Å². The van der Waals surface area contributed by atoms with Gasteiger partial charge in [0.15, 0.2) is 0 Å². The van der Waals surface area contributed by atoms with E-state index in [1.54, 1.807) is 50.6 Å². The fourth-order valence-electron chi connectivity index (χ4n) is 3.56. The number of nitrogens with one attached hydrogen (secondary N) is 2. The molecule has 0 bridgehead atoms. The number of hydrogen-bond acceptors (Lipinski definition) is 5. The van der Waals surface area contributed by atoms with Gasteiger partial charge in [0.2, 0.25) is 0 Å². The maximum Gasteiger partial charge on any atom is 0.269 e. The van der Waals surface area contributed by atoms with E-state index >= 15 is 0 Å². The van der Waals surface area contributed by atoms with Gasteiger partial charge in [-0.2, -0.15) is 0 Å². The molecule has 2 aliphatic carbocycles. The minimum Gasteiger partial charge on any atom is -0.497 e. The van der Waals surface area contributed by atoms with Crippen LogP contribution < -0.4 is 20.1 Å². The number of carbonyl (C=O) groups excluding carboxylic acids is 2. The van der Waals surface area contributed by atoms with Gasteiger partial charge < -0.3 is 20.1 Å². The van der Waals surface area contributed by atoms with Crippen molar-refractivity contribution >= 4 is 11.8 Å². The Balaban J connectivity index is 1.44. The molecule has 0 saturated heterocycles. The largest absolute Gasteiger partial charge is 0.497 e. The van der Waals surface area contributed by atoms with Crippen molar-refractivity contribution in [1.29, 1.82) is 0 Å². The minimum absolute atomic E-state index is 0.00609. The summed E-state index contributed by atoms with van der Waals surface area (Å²) in [4.78, 5) is 28.5. The molecule has 162 valence electrons. The second kappa shape index (κ2) is 9.34. The Hall–Kier alpha value is -4.13. The van der Waals surface area contributed by atoms with E-state index in [9.17, 15) is 9.59 Å². The molecule has 2 amide bonds. The molecular weight excluding hydrogens is 406 g/mol. The second-order valence-corrected chi connectivity index (χ2v) is 7.28. The van der Waals surface area contributed by atoms with Crippen LogP contribution in [0.1, 0.15) is 20.8 Å². The molecule has 32 heavy (non-hydrogen) atoms. The molecular formula is C25H23N3O4. The third-order valence-corrected chi connectivity index (χ3v) is 5.24. The highest BCUT2D eigenvalue weighted by molar-refractivity contribution is 5.95. The zero-order valence-corrected chi connectivity index (χ0v) is 17.7. The highest BCUT2D eigenvalue weighted by atomic mass is 16.5. The topological polar surface area (TPSA) is 89.6 Å². The van der Waals surface area contributed by atoms with Gasteiger partial charge in [-0.15, -0.1) is 0 Å². The van der Waals surface area contributed by atoms with E-state index in [2.05, 4.69) is 21.7 Å². The smallest absolute Gasteiger partial charge is 0.269 e. The number of rotatable bonds is 6. The standard InChI is InChI=1S/C25H23N3O4/c1-26-25(30)23-15-20(12-13-27-23)32-19-10-11-21-17(14-19)4-3-5-22(21)28-24(29)16-6-8-18(31-2)9-7-16/h3-15,17,21H,1-2H3,(H,26,30)(H,28,29). The van der Waals surface area contributed by atoms with Gasteiger partial charge in [-0.25, -0.2) is 0 Å². The van der Waals surface area contributed by atoms with Crippen molar-refractivity contribution in [1.82, 2.24) is 15.6 Å². The first-order valence-corrected chi connectivity index (χ1v) is 10.2. The van der Waals surface area contributed by atoms with Crippen LogP contribution in [0.5, 0.6) is 11.5 Å². The molecule has 0 aliphatic heterocycles. The number of ether oxygens (including phenoxy) is 2. The molecule has 2 aliphatic rings. The average molecular weight is 429 g/mol. The van der Waals surface area contributed by atoms with Crippen molar-refractivity contribution in [2.75, 3.05) is 14.2 Å². The van der Waals surface area contributed by atoms with Gasteiger partial charge >= 0.3 is 0 Å². The Morgan fingerprint density at radius 2 is 1.84 bits per heavy atom. The van der Waals surface area contributed by atoms with Gasteiger partial charge in [-0.3, -0.25) is 14.6 Å². The van der Waals surface area contributed by atoms with E-state index in [0.717, 1.165) is 5.70 Å². The first-order chi connectivity index (χ1) is 15.6. The van der Waals surface area contributed by atoms with Crippen LogP contribution in [-0.2, 0) is 0 Å². The van der Waals surface area contributed by atoms with Crippen LogP contribution in [0.3, 0.4) is 0 Å². The number of methoxy groups -OCH3 is 1. The minimum atomic E-state index is -0.277. The van der Waals surface area contributed by atoms with Gasteiger partial charge in [0, 0.05) is 42.4 Å². The van der Waals surface area contributed by atoms with Gasteiger partial charge in [-0.05, 0) is 48.6 Å². The molecule has 1 aromatic carbocycles. The normalized spacial score (nSPS) is 18.7. The predicted molar refractivity (Wildman–Crippen MR) is 120 cm³/mol. The molecule has 1 aromatic heterocycles. The molecule has 4 rings (SSSR count). The van der Waals surface area contributed by atoms with Gasteiger partial charge in [-0.1, -0.05) is 18.2 Å². The Bertz CT molecular complexity index is 1150. The lowest BCUT2D eigenvalue weighted by Gasteiger charge is -2.28. The van der Waals surface area contributed by atoms with Crippen LogP contribution in [0.4, 0.5) is 0 Å². The fourth-order valence-corrected chi connectivity index (χ4v) is 3.56. The maximum absolute atomic E-state index is 12.7. The highest BCUT2D eigenvalue weighted by Crippen LogP contribution is 2.33. The summed E-state index contributed by atoms with van der Waals surface area (Å²) >= 11 is 0. The number of pyridine rings is 1. The van der Waals surface area contributed by atoms with Crippen LogP contribution in [0.25, 0.3) is 0 Å². The van der Waals surface area contributed by atoms with E-state index in [1.807, 2.05) is 30.4 Å². The number of amides is 2. The molecule has 0 radical (unpaired) electrons. The third-order valence-electron chi connectivity index (χ3n) is 5.24. The van der Waals surface area contributed by atoms with Crippen LogP contribution in [-0.4, -0.2) is 31.0 Å². The van der Waals surface area contributed by atoms with Crippen molar-refractivity contribution in [3.63, 3.8) is 0 Å². The lowest BCUT2D eigenvalue weighted by atomic mass is 9.82. The van der Waals surface area contributed by atoms with Gasteiger partial charge in [0.1, 0.15) is 23.0 Å². The summed E-state index contributed by atoms with van der Waals surface area (Å²) in [5.74, 6) is 1.46. The molecule has 2 aromatic rings. The number of aromatic nitrogens is 1. The Labute approximate surface area is 186 Å². The van der Waals surface area contributed by atoms with Crippen molar-refractivity contribution < 1.29 is 19.1 Å². The predicted octanol–water partition coefficient (Wildman–Crippen LogP) is 3.40. The summed E-state index contributed by atoms with van der Waals surface area (Å²) in [6.07, 6.45) is 13.3. The van der Waals surface area contributed by atoms with Gasteiger partial charge in [0.05, 0.1) is 7.11 Å². The van der Waals surface area contributed by atoms with Crippen LogP contribution in [0.15, 0.2) is 90.5 Å². The highest BCUT2D eigenvalue weighted by Gasteiger charge is 2.26. The van der Waals surface area contributed by atoms with Crippen LogP contribution in [0.2, 0.25) is 0 Å². The van der Waals surface area contributed by atoms with E-state index in [4.69, 9.17) is 9.47 Å². The fraction of sp³-hybridized carbons (Fsp3) is 0.160. The zero-order chi connectivity index (χ0) is 22.5. The SMILES string of the molecule is CNC(=O)c1cc(OC2=CC3C=CC=C(NC(=O)c4ccc(OC)cc4)C3C=C2)ccn1. The summed E-state index contributed by atoms with van der Waals surface area (Å²) in [6.45, 7) is 0. The number of fused-ring (bicyclic) bond motifs is 1. The Morgan fingerprint density at radius 3 is 2.59 bits per heavy atom. The zero-order valence-electron chi connectivity index (χ0n) is 17.7. The number of benzene rings is 1. The van der Waals surface area contributed by atoms with Crippen molar-refractivity contribution in [3.8, 4) is 11.5 Å². The lowest BCUT2D eigenvalue weighted by Crippen LogP contribution is -2.31. The molecule has 2 N–H and O–H groups in total. The molecule has 2 unspecified atom stereocenters. The quantitative estimate of drug-likeness (QED) is 0.735. The number of nitrogens with zero attached hydrogens (tertiary/aromatic N) is 1. The summed E-state index contributed by atoms with van der Waals surface area (Å²) < 4.78 is 11.1. The van der Waals surface area contributed by atoms with Crippen molar-refractivity contribution in [3.05, 3.63) is 102 Å². The Kier molecular flexibility index (Phi) is 6.17. The molecule has 0 saturated carbocycles. The van der Waals surface area contributed by atoms with E-state index in [-0.39, 0.29) is 29.3 Å². The Morgan fingerprint density at radius 1 is 1.03 bits per heavy atom. The molecule has 7 nitrogen and oxygen atoms in total. The molecule has 0 spiro atoms. The monoisotopic (exact) mass is 429 g/mol. The van der Waals surface area contributed by atoms with Gasteiger partial charge in [0.25, 0.3) is 11.8 Å². The first kappa shape index (κ1) is 21.1. The summed E-state index contributed by atoms with van der Waals surface area (Å²) in [6, 6.07) is 10.3. The molecule has 0 fully saturated rings. The van der Waals surface area contributed by atoms with E-state index in [1.165, 1.54) is 6.20 Å². The second-order valence-electron chi connectivity index (χ2n) is 7.28. The van der Waals surface area contributed by atoms with Crippen molar-refractivity contribution in [2.45, 2.75) is 0 Å². The summed E-state index contributed by atoms with van der Waals surface area (Å²) in [5, 5.41) is 5.56. The molecule has 7 heteroatoms. The summed E-state index contributed by atoms with van der Waals surface area (Å²) in [7, 11) is 3.14. The number of allylic oxidation sites excluding steroid dienone is 6. The van der Waals surface area contributed by atoms with Crippen LogP contribution >= 0.6 is 0 Å². The number of carbonyl (C=O) groups is 2. The van der Waals surface area contributed by atoms with Crippen molar-refractivity contribution in [2.24, 2.45) is 11.8 Å². The summed E-state index contributed by atoms with van der Waals surface area (Å²) in [5.41, 5.74) is 1.66. The van der Waals surface area contributed by atoms with E-state index < -0.39 is 0 Å². The lowest BCUT2D eigenvalue weighted by molar-refractivity contribution is 0.0951. The first-order valence-electron chi connectivity index (χ1n) is 10.2. The van der Waals surface area contributed by atoms with E-state index in [0.29, 0.717) is 22.8 Å². The number of hydrogen-bond donors (Lipinski definition) is 2. The maximum atomic E-state index is 12.7. The average Bonchev–Trinajstić information content (AvgIpc) is 2.83.